The minimum Gasteiger partial charge on any atom is -0.478 e. The smallest absolute Gasteiger partial charge is 0.335 e. The summed E-state index contributed by atoms with van der Waals surface area (Å²) < 4.78 is 0. The Morgan fingerprint density at radius 3 is 2.57 bits per heavy atom. The fraction of sp³-hybridized carbons (Fsp3) is 0.0833. The monoisotopic (exact) mass is 188 g/mol. The summed E-state index contributed by atoms with van der Waals surface area (Å²) in [5.41, 5.74) is 1.27. The molecule has 2 nitrogen and oxygen atoms in total. The second-order valence-corrected chi connectivity index (χ2v) is 2.92. The third kappa shape index (κ3) is 3.27. The fourth-order valence-corrected chi connectivity index (χ4v) is 1.02. The van der Waals surface area contributed by atoms with Crippen LogP contribution in [0, 0.1) is 0 Å². The molecule has 2 heteroatoms. The van der Waals surface area contributed by atoms with Crippen LogP contribution in [-0.2, 0) is 11.2 Å². The van der Waals surface area contributed by atoms with Gasteiger partial charge >= 0.3 is 5.97 Å². The number of hydrogen-bond donors (Lipinski definition) is 1. The third-order valence-corrected chi connectivity index (χ3v) is 1.79. The molecule has 0 aliphatic carbocycles. The Morgan fingerprint density at radius 1 is 1.36 bits per heavy atom. The lowest BCUT2D eigenvalue weighted by Crippen LogP contribution is -1.95. The van der Waals surface area contributed by atoms with Gasteiger partial charge in [-0.3, -0.25) is 0 Å². The van der Waals surface area contributed by atoms with Gasteiger partial charge in [-0.1, -0.05) is 49.1 Å². The summed E-state index contributed by atoms with van der Waals surface area (Å²) in [7, 11) is 0. The molecule has 0 spiro atoms. The molecular weight excluding hydrogens is 176 g/mol. The molecule has 0 unspecified atom stereocenters. The number of carboxylic acids is 1. The minimum absolute atomic E-state index is 0.112. The highest BCUT2D eigenvalue weighted by atomic mass is 16.4. The van der Waals surface area contributed by atoms with Crippen molar-refractivity contribution in [2.24, 2.45) is 0 Å². The Bertz CT molecular complexity index is 350. The van der Waals surface area contributed by atoms with Gasteiger partial charge in [-0.2, -0.15) is 0 Å². The highest BCUT2D eigenvalue weighted by molar-refractivity contribution is 5.88. The van der Waals surface area contributed by atoms with E-state index in [1.807, 2.05) is 30.3 Å². The summed E-state index contributed by atoms with van der Waals surface area (Å²) in [6, 6.07) is 9.84. The van der Waals surface area contributed by atoms with Gasteiger partial charge in [0.2, 0.25) is 0 Å². The number of rotatable bonds is 4. The first-order valence-electron chi connectivity index (χ1n) is 4.33. The molecule has 0 saturated heterocycles. The van der Waals surface area contributed by atoms with E-state index in [1.165, 1.54) is 6.08 Å². The molecule has 14 heavy (non-hydrogen) atoms. The van der Waals surface area contributed by atoms with Gasteiger partial charge in [-0.05, 0) is 12.0 Å². The molecule has 1 rings (SSSR count). The van der Waals surface area contributed by atoms with Crippen LogP contribution in [0.1, 0.15) is 5.56 Å². The Labute approximate surface area is 83.2 Å². The molecule has 0 aliphatic heterocycles. The number of carboxylic acid groups (broad SMARTS) is 1. The molecule has 0 aromatic heterocycles. The number of benzene rings is 1. The highest BCUT2D eigenvalue weighted by Crippen LogP contribution is 2.01. The van der Waals surface area contributed by atoms with E-state index >= 15 is 0 Å². The van der Waals surface area contributed by atoms with E-state index in [4.69, 9.17) is 5.11 Å². The third-order valence-electron chi connectivity index (χ3n) is 1.79. The van der Waals surface area contributed by atoms with Gasteiger partial charge < -0.3 is 5.11 Å². The zero-order valence-electron chi connectivity index (χ0n) is 7.81. The van der Waals surface area contributed by atoms with Gasteiger partial charge in [0.15, 0.2) is 0 Å². The minimum atomic E-state index is -0.977. The lowest BCUT2D eigenvalue weighted by molar-refractivity contribution is -0.132. The Hall–Kier alpha value is -1.83. The van der Waals surface area contributed by atoms with E-state index in [-0.39, 0.29) is 5.57 Å². The van der Waals surface area contributed by atoms with Crippen molar-refractivity contribution in [1.29, 1.82) is 0 Å². The van der Waals surface area contributed by atoms with Crippen molar-refractivity contribution in [3.05, 3.63) is 60.2 Å². The molecule has 72 valence electrons. The quantitative estimate of drug-likeness (QED) is 0.582. The zero-order valence-corrected chi connectivity index (χ0v) is 7.81. The molecule has 1 aromatic rings. The van der Waals surface area contributed by atoms with Gasteiger partial charge in [-0.15, -0.1) is 0 Å². The van der Waals surface area contributed by atoms with E-state index < -0.39 is 5.97 Å². The van der Waals surface area contributed by atoms with Crippen LogP contribution in [0.3, 0.4) is 0 Å². The summed E-state index contributed by atoms with van der Waals surface area (Å²) in [6.45, 7) is 3.40. The van der Waals surface area contributed by atoms with Gasteiger partial charge in [0.1, 0.15) is 0 Å². The molecule has 0 atom stereocenters. The molecule has 0 aliphatic rings. The lowest BCUT2D eigenvalue weighted by atomic mass is 10.1. The Balaban J connectivity index is 2.49. The second kappa shape index (κ2) is 5.02. The molecule has 0 amide bonds. The SMILES string of the molecule is C=C(C=CCc1ccccc1)C(=O)O. The standard InChI is InChI=1S/C12H12O2/c1-10(12(13)14)6-5-9-11-7-3-2-4-8-11/h2-8H,1,9H2,(H,13,14). The predicted molar refractivity (Wildman–Crippen MR) is 56.1 cm³/mol. The first kappa shape index (κ1) is 10.3. The highest BCUT2D eigenvalue weighted by Gasteiger charge is 1.96. The van der Waals surface area contributed by atoms with Crippen molar-refractivity contribution in [3.8, 4) is 0 Å². The first-order valence-corrected chi connectivity index (χ1v) is 4.33. The maximum absolute atomic E-state index is 10.4. The van der Waals surface area contributed by atoms with Crippen LogP contribution >= 0.6 is 0 Å². The van der Waals surface area contributed by atoms with Crippen LogP contribution in [0.15, 0.2) is 54.6 Å². The second-order valence-electron chi connectivity index (χ2n) is 2.92. The van der Waals surface area contributed by atoms with Crippen molar-refractivity contribution in [1.82, 2.24) is 0 Å². The lowest BCUT2D eigenvalue weighted by Gasteiger charge is -1.94. The molecule has 0 radical (unpaired) electrons. The first-order chi connectivity index (χ1) is 6.70. The summed E-state index contributed by atoms with van der Waals surface area (Å²) in [4.78, 5) is 10.4. The Morgan fingerprint density at radius 2 is 2.00 bits per heavy atom. The predicted octanol–water partition coefficient (Wildman–Crippen LogP) is 2.43. The summed E-state index contributed by atoms with van der Waals surface area (Å²) in [5.74, 6) is -0.977. The largest absolute Gasteiger partial charge is 0.478 e. The molecule has 0 heterocycles. The van der Waals surface area contributed by atoms with Gasteiger partial charge in [0, 0.05) is 0 Å². The van der Waals surface area contributed by atoms with Crippen LogP contribution in [0.2, 0.25) is 0 Å². The van der Waals surface area contributed by atoms with Crippen molar-refractivity contribution >= 4 is 5.97 Å². The molecule has 0 saturated carbocycles. The fourth-order valence-electron chi connectivity index (χ4n) is 1.02. The maximum atomic E-state index is 10.4. The van der Waals surface area contributed by atoms with Crippen molar-refractivity contribution in [2.45, 2.75) is 6.42 Å². The zero-order chi connectivity index (χ0) is 10.4. The van der Waals surface area contributed by atoms with Crippen molar-refractivity contribution < 1.29 is 9.90 Å². The molecular formula is C12H12O2. The van der Waals surface area contributed by atoms with Crippen LogP contribution in [0.4, 0.5) is 0 Å². The molecule has 0 bridgehead atoms. The van der Waals surface area contributed by atoms with E-state index in [0.29, 0.717) is 0 Å². The van der Waals surface area contributed by atoms with Crippen molar-refractivity contribution in [3.63, 3.8) is 0 Å². The van der Waals surface area contributed by atoms with Crippen LogP contribution in [-0.4, -0.2) is 11.1 Å². The van der Waals surface area contributed by atoms with E-state index in [9.17, 15) is 4.79 Å². The summed E-state index contributed by atoms with van der Waals surface area (Å²) in [6.07, 6.45) is 4.05. The van der Waals surface area contributed by atoms with Crippen LogP contribution in [0.5, 0.6) is 0 Å². The number of hydrogen-bond acceptors (Lipinski definition) is 1. The van der Waals surface area contributed by atoms with Crippen molar-refractivity contribution in [2.75, 3.05) is 0 Å². The average Bonchev–Trinajstić information content (AvgIpc) is 2.19. The number of carbonyl (C=O) groups is 1. The number of aliphatic carboxylic acids is 1. The van der Waals surface area contributed by atoms with E-state index in [1.54, 1.807) is 6.08 Å². The summed E-state index contributed by atoms with van der Waals surface area (Å²) >= 11 is 0. The average molecular weight is 188 g/mol. The van der Waals surface area contributed by atoms with Gasteiger partial charge in [-0.25, -0.2) is 4.79 Å². The van der Waals surface area contributed by atoms with Gasteiger partial charge in [0.05, 0.1) is 5.57 Å². The van der Waals surface area contributed by atoms with Crippen LogP contribution in [0.25, 0.3) is 0 Å². The molecule has 1 aromatic carbocycles. The molecule has 0 fully saturated rings. The number of allylic oxidation sites excluding steroid dienone is 1. The Kier molecular flexibility index (Phi) is 3.68. The van der Waals surface area contributed by atoms with E-state index in [2.05, 4.69) is 6.58 Å². The normalized spacial score (nSPS) is 10.3. The van der Waals surface area contributed by atoms with Gasteiger partial charge in [0.25, 0.3) is 0 Å². The topological polar surface area (TPSA) is 37.3 Å². The molecule has 1 N–H and O–H groups in total. The van der Waals surface area contributed by atoms with Crippen LogP contribution < -0.4 is 0 Å². The maximum Gasteiger partial charge on any atom is 0.335 e. The van der Waals surface area contributed by atoms with E-state index in [0.717, 1.165) is 12.0 Å². The summed E-state index contributed by atoms with van der Waals surface area (Å²) in [5, 5.41) is 8.53.